The summed E-state index contributed by atoms with van der Waals surface area (Å²) in [4.78, 5) is 0. The van der Waals surface area contributed by atoms with Crippen LogP contribution in [0.15, 0.2) is 18.2 Å². The SMILES string of the molecule is COCCOCC(O)COc1ccc([C@@H](C)O)cc1OC. The van der Waals surface area contributed by atoms with Gasteiger partial charge in [-0.05, 0) is 24.6 Å². The molecule has 0 saturated carbocycles. The highest BCUT2D eigenvalue weighted by Gasteiger charge is 2.11. The van der Waals surface area contributed by atoms with E-state index >= 15 is 0 Å². The fourth-order valence-electron chi connectivity index (χ4n) is 1.66. The maximum atomic E-state index is 9.74. The van der Waals surface area contributed by atoms with Gasteiger partial charge in [0.1, 0.15) is 12.7 Å². The second-order valence-electron chi connectivity index (χ2n) is 4.62. The van der Waals surface area contributed by atoms with E-state index in [9.17, 15) is 10.2 Å². The number of hydrogen-bond acceptors (Lipinski definition) is 6. The lowest BCUT2D eigenvalue weighted by Crippen LogP contribution is -2.24. The number of ether oxygens (including phenoxy) is 4. The van der Waals surface area contributed by atoms with Crippen LogP contribution >= 0.6 is 0 Å². The van der Waals surface area contributed by atoms with Crippen LogP contribution in [-0.2, 0) is 9.47 Å². The zero-order valence-corrected chi connectivity index (χ0v) is 12.7. The Kier molecular flexibility index (Phi) is 8.07. The third kappa shape index (κ3) is 6.31. The molecule has 0 fully saturated rings. The molecule has 1 rings (SSSR count). The molecule has 2 atom stereocenters. The van der Waals surface area contributed by atoms with Gasteiger partial charge in [-0.25, -0.2) is 0 Å². The van der Waals surface area contributed by atoms with E-state index in [2.05, 4.69) is 0 Å². The van der Waals surface area contributed by atoms with Crippen LogP contribution in [0.2, 0.25) is 0 Å². The molecule has 21 heavy (non-hydrogen) atoms. The molecule has 1 unspecified atom stereocenters. The van der Waals surface area contributed by atoms with Crippen molar-refractivity contribution in [1.82, 2.24) is 0 Å². The monoisotopic (exact) mass is 300 g/mol. The number of aliphatic hydroxyl groups excluding tert-OH is 2. The van der Waals surface area contributed by atoms with Crippen LogP contribution in [0.3, 0.4) is 0 Å². The smallest absolute Gasteiger partial charge is 0.161 e. The van der Waals surface area contributed by atoms with Crippen LogP contribution in [0.25, 0.3) is 0 Å². The number of methoxy groups -OCH3 is 2. The zero-order chi connectivity index (χ0) is 15.7. The predicted octanol–water partition coefficient (Wildman–Crippen LogP) is 1.15. The molecule has 120 valence electrons. The van der Waals surface area contributed by atoms with Gasteiger partial charge in [-0.3, -0.25) is 0 Å². The summed E-state index contributed by atoms with van der Waals surface area (Å²) in [6, 6.07) is 5.17. The van der Waals surface area contributed by atoms with E-state index in [0.717, 1.165) is 5.56 Å². The Morgan fingerprint density at radius 2 is 1.81 bits per heavy atom. The Bertz CT molecular complexity index is 407. The van der Waals surface area contributed by atoms with Crippen molar-refractivity contribution in [3.05, 3.63) is 23.8 Å². The van der Waals surface area contributed by atoms with Crippen LogP contribution in [0.5, 0.6) is 11.5 Å². The first-order valence-electron chi connectivity index (χ1n) is 6.82. The molecule has 0 spiro atoms. The van der Waals surface area contributed by atoms with Gasteiger partial charge in [0.15, 0.2) is 11.5 Å². The second-order valence-corrected chi connectivity index (χ2v) is 4.62. The van der Waals surface area contributed by atoms with E-state index in [1.54, 1.807) is 32.2 Å². The number of benzene rings is 1. The number of rotatable bonds is 10. The minimum Gasteiger partial charge on any atom is -0.493 e. The summed E-state index contributed by atoms with van der Waals surface area (Å²) in [5.41, 5.74) is 0.739. The predicted molar refractivity (Wildman–Crippen MR) is 77.8 cm³/mol. The van der Waals surface area contributed by atoms with Gasteiger partial charge in [0.05, 0.1) is 33.0 Å². The van der Waals surface area contributed by atoms with Crippen molar-refractivity contribution in [2.24, 2.45) is 0 Å². The summed E-state index contributed by atoms with van der Waals surface area (Å²) in [7, 11) is 3.12. The molecule has 2 N–H and O–H groups in total. The molecule has 0 saturated heterocycles. The Balaban J connectivity index is 2.47. The molecule has 0 aliphatic heterocycles. The lowest BCUT2D eigenvalue weighted by Gasteiger charge is -2.16. The topological polar surface area (TPSA) is 77.4 Å². The molecule has 0 bridgehead atoms. The van der Waals surface area contributed by atoms with Gasteiger partial charge in [-0.1, -0.05) is 6.07 Å². The average molecular weight is 300 g/mol. The van der Waals surface area contributed by atoms with Crippen molar-refractivity contribution >= 4 is 0 Å². The van der Waals surface area contributed by atoms with Crippen molar-refractivity contribution in [3.63, 3.8) is 0 Å². The second kappa shape index (κ2) is 9.57. The molecule has 0 aromatic heterocycles. The first kappa shape index (κ1) is 17.7. The molecule has 6 heteroatoms. The highest BCUT2D eigenvalue weighted by Crippen LogP contribution is 2.30. The molecule has 1 aromatic rings. The van der Waals surface area contributed by atoms with Crippen LogP contribution < -0.4 is 9.47 Å². The minimum absolute atomic E-state index is 0.0946. The van der Waals surface area contributed by atoms with Crippen LogP contribution in [-0.4, -0.2) is 57.0 Å². The molecule has 0 amide bonds. The fraction of sp³-hybridized carbons (Fsp3) is 0.600. The minimum atomic E-state index is -0.733. The van der Waals surface area contributed by atoms with Crippen LogP contribution in [0.1, 0.15) is 18.6 Å². The first-order chi connectivity index (χ1) is 10.1. The highest BCUT2D eigenvalue weighted by molar-refractivity contribution is 5.43. The van der Waals surface area contributed by atoms with E-state index in [-0.39, 0.29) is 13.2 Å². The Morgan fingerprint density at radius 3 is 2.43 bits per heavy atom. The van der Waals surface area contributed by atoms with Gasteiger partial charge in [0.2, 0.25) is 0 Å². The molecule has 0 heterocycles. The third-order valence-electron chi connectivity index (χ3n) is 2.84. The first-order valence-corrected chi connectivity index (χ1v) is 6.82. The Labute approximate surface area is 125 Å². The van der Waals surface area contributed by atoms with Gasteiger partial charge in [-0.2, -0.15) is 0 Å². The molecular weight excluding hydrogens is 276 g/mol. The Hall–Kier alpha value is -1.34. The van der Waals surface area contributed by atoms with E-state index in [1.807, 2.05) is 0 Å². The molecule has 0 aliphatic rings. The summed E-state index contributed by atoms with van der Waals surface area (Å²) in [5.74, 6) is 1.03. The third-order valence-corrected chi connectivity index (χ3v) is 2.84. The largest absolute Gasteiger partial charge is 0.493 e. The molecule has 0 aliphatic carbocycles. The maximum Gasteiger partial charge on any atom is 0.161 e. The Morgan fingerprint density at radius 1 is 1.05 bits per heavy atom. The summed E-state index contributed by atoms with van der Waals surface area (Å²) in [5, 5.41) is 19.3. The number of hydrogen-bond donors (Lipinski definition) is 2. The average Bonchev–Trinajstić information content (AvgIpc) is 2.49. The van der Waals surface area contributed by atoms with Crippen molar-refractivity contribution in [2.45, 2.75) is 19.1 Å². The van der Waals surface area contributed by atoms with E-state index in [4.69, 9.17) is 18.9 Å². The summed E-state index contributed by atoms with van der Waals surface area (Å²) in [6.07, 6.45) is -1.31. The van der Waals surface area contributed by atoms with Gasteiger partial charge >= 0.3 is 0 Å². The van der Waals surface area contributed by atoms with Crippen LogP contribution in [0, 0.1) is 0 Å². The lowest BCUT2D eigenvalue weighted by molar-refractivity contribution is -0.00451. The number of aliphatic hydroxyl groups is 2. The van der Waals surface area contributed by atoms with Gasteiger partial charge in [0.25, 0.3) is 0 Å². The van der Waals surface area contributed by atoms with E-state index in [0.29, 0.717) is 24.7 Å². The molecule has 0 radical (unpaired) electrons. The standard InChI is InChI=1S/C15H24O6/c1-11(16)12-4-5-14(15(8-12)19-3)21-10-13(17)9-20-7-6-18-2/h4-5,8,11,13,16-17H,6-7,9-10H2,1-3H3/t11-,13?/m1/s1. The zero-order valence-electron chi connectivity index (χ0n) is 12.7. The quantitative estimate of drug-likeness (QED) is 0.631. The summed E-state index contributed by atoms with van der Waals surface area (Å²) in [6.45, 7) is 2.87. The normalized spacial score (nSPS) is 13.8. The van der Waals surface area contributed by atoms with Crippen LogP contribution in [0.4, 0.5) is 0 Å². The van der Waals surface area contributed by atoms with Crippen molar-refractivity contribution in [2.75, 3.05) is 40.6 Å². The van der Waals surface area contributed by atoms with Gasteiger partial charge in [0, 0.05) is 7.11 Å². The van der Waals surface area contributed by atoms with E-state index < -0.39 is 12.2 Å². The fourth-order valence-corrected chi connectivity index (χ4v) is 1.66. The summed E-state index contributed by atoms with van der Waals surface area (Å²) >= 11 is 0. The van der Waals surface area contributed by atoms with Gasteiger partial charge in [-0.15, -0.1) is 0 Å². The van der Waals surface area contributed by atoms with Crippen molar-refractivity contribution in [3.8, 4) is 11.5 Å². The lowest BCUT2D eigenvalue weighted by atomic mass is 10.1. The van der Waals surface area contributed by atoms with Crippen molar-refractivity contribution in [1.29, 1.82) is 0 Å². The van der Waals surface area contributed by atoms with Gasteiger partial charge < -0.3 is 29.2 Å². The molecule has 1 aromatic carbocycles. The molecule has 6 nitrogen and oxygen atoms in total. The molecular formula is C15H24O6. The summed E-state index contributed by atoms with van der Waals surface area (Å²) < 4.78 is 20.8. The van der Waals surface area contributed by atoms with Crippen molar-refractivity contribution < 1.29 is 29.2 Å². The highest BCUT2D eigenvalue weighted by atomic mass is 16.5. The van der Waals surface area contributed by atoms with E-state index in [1.165, 1.54) is 7.11 Å². The maximum absolute atomic E-state index is 9.74.